The van der Waals surface area contributed by atoms with E-state index in [1.807, 2.05) is 30.3 Å². The number of aromatic nitrogens is 2. The van der Waals surface area contributed by atoms with E-state index in [9.17, 15) is 22.9 Å². The molecule has 6 aromatic rings. The summed E-state index contributed by atoms with van der Waals surface area (Å²) in [5.41, 5.74) is 6.43. The van der Waals surface area contributed by atoms with Crippen LogP contribution in [-0.4, -0.2) is 44.2 Å². The number of anilines is 1. The maximum atomic E-state index is 13.7. The van der Waals surface area contributed by atoms with Crippen molar-refractivity contribution in [3.63, 3.8) is 0 Å². The van der Waals surface area contributed by atoms with Gasteiger partial charge < -0.3 is 14.3 Å². The Labute approximate surface area is 258 Å². The zero-order valence-corrected chi connectivity index (χ0v) is 25.4. The molecule has 7 rings (SSSR count). The van der Waals surface area contributed by atoms with E-state index in [1.165, 1.54) is 38.4 Å². The number of nitrogens with one attached hydrogen (secondary N) is 1. The first-order chi connectivity index (χ1) is 21.6. The van der Waals surface area contributed by atoms with Gasteiger partial charge in [-0.25, -0.2) is 17.8 Å². The molecule has 3 aromatic carbocycles. The number of pyridine rings is 1. The third-order valence-corrected chi connectivity index (χ3v) is 9.56. The number of hydrogen-bond donors (Lipinski definition) is 1. The van der Waals surface area contributed by atoms with Crippen LogP contribution >= 0.6 is 0 Å². The van der Waals surface area contributed by atoms with Crippen LogP contribution in [0, 0.1) is 17.1 Å². The normalized spacial score (nSPS) is 12.5. The molecule has 0 radical (unpaired) electrons. The number of aryl methyl sites for hydroxylation is 2. The van der Waals surface area contributed by atoms with Gasteiger partial charge in [0.1, 0.15) is 17.2 Å². The van der Waals surface area contributed by atoms with Crippen LogP contribution in [-0.2, 0) is 23.0 Å². The number of nitriles is 1. The molecule has 0 saturated carbocycles. The summed E-state index contributed by atoms with van der Waals surface area (Å²) in [5, 5.41) is 13.6. The lowest BCUT2D eigenvalue weighted by molar-refractivity contribution is 0.0964. The first-order valence-corrected chi connectivity index (χ1v) is 16.0. The van der Waals surface area contributed by atoms with Crippen LogP contribution in [0.1, 0.15) is 21.5 Å². The van der Waals surface area contributed by atoms with E-state index >= 15 is 0 Å². The van der Waals surface area contributed by atoms with Gasteiger partial charge in [-0.05, 0) is 66.6 Å². The highest BCUT2D eigenvalue weighted by Crippen LogP contribution is 2.42. The average molecular weight is 620 g/mol. The Hall–Kier alpha value is -5.47. The van der Waals surface area contributed by atoms with E-state index in [2.05, 4.69) is 16.0 Å². The molecule has 4 heterocycles. The summed E-state index contributed by atoms with van der Waals surface area (Å²) in [7, 11) is -0.767. The van der Waals surface area contributed by atoms with Crippen molar-refractivity contribution < 1.29 is 22.0 Å². The fraction of sp³-hybridized carbons (Fsp3) is 0.147. The van der Waals surface area contributed by atoms with E-state index in [0.29, 0.717) is 33.5 Å². The van der Waals surface area contributed by atoms with Gasteiger partial charge in [-0.15, -0.1) is 0 Å². The van der Waals surface area contributed by atoms with Gasteiger partial charge in [0.25, 0.3) is 5.91 Å². The molecule has 3 aromatic heterocycles. The smallest absolute Gasteiger partial charge is 0.255 e. The van der Waals surface area contributed by atoms with Crippen molar-refractivity contribution >= 4 is 43.5 Å². The van der Waals surface area contributed by atoms with Crippen LogP contribution in [0.15, 0.2) is 77.2 Å². The topological polar surface area (TPSA) is 121 Å². The average Bonchev–Trinajstić information content (AvgIpc) is 3.61. The first kappa shape index (κ1) is 28.3. The number of nitrogens with zero attached hydrogens (tertiary/aromatic N) is 4. The van der Waals surface area contributed by atoms with E-state index in [0.717, 1.165) is 51.4 Å². The van der Waals surface area contributed by atoms with Crippen molar-refractivity contribution in [2.45, 2.75) is 13.0 Å². The summed E-state index contributed by atoms with van der Waals surface area (Å²) in [6.07, 6.45) is 1.84. The van der Waals surface area contributed by atoms with Crippen molar-refractivity contribution in [2.24, 2.45) is 0 Å². The number of carbonyl (C=O) groups excluding carboxylic acids is 1. The standard InChI is InChI=1S/C34H26FN5O4S/c1-37-34(41)31-25-15-24(28(39(2)45(3,42)43)17-30(25)44-33(31)20-7-10-22(35)11-8-20)26-12-9-19-13-14-40-27-6-4-5-21(18-36)23(27)16-29(40)32(19)38-26/h4-12,15-17H,13-14H2,1-3H3,(H,37,41). The molecule has 1 amide bonds. The van der Waals surface area contributed by atoms with Crippen LogP contribution < -0.4 is 9.62 Å². The molecule has 0 aliphatic carbocycles. The molecule has 0 unspecified atom stereocenters. The molecular weight excluding hydrogens is 593 g/mol. The SMILES string of the molecule is CNC(=O)c1c(-c2ccc(F)cc2)oc2cc(N(C)S(C)(=O)=O)c(-c3ccc4c(n3)-c3cc5c(C#N)cccc5n3CC4)cc12. The number of benzene rings is 3. The number of furan rings is 1. The van der Waals surface area contributed by atoms with Gasteiger partial charge in [0, 0.05) is 54.1 Å². The van der Waals surface area contributed by atoms with Crippen molar-refractivity contribution in [1.82, 2.24) is 14.9 Å². The summed E-state index contributed by atoms with van der Waals surface area (Å²) >= 11 is 0. The number of hydrogen-bond acceptors (Lipinski definition) is 6. The number of carbonyl (C=O) groups is 1. The van der Waals surface area contributed by atoms with Crippen LogP contribution in [0.5, 0.6) is 0 Å². The lowest BCUT2D eigenvalue weighted by Gasteiger charge is -2.23. The number of amides is 1. The first-order valence-electron chi connectivity index (χ1n) is 14.1. The van der Waals surface area contributed by atoms with E-state index < -0.39 is 21.7 Å². The van der Waals surface area contributed by atoms with Crippen molar-refractivity contribution in [3.8, 4) is 40.0 Å². The largest absolute Gasteiger partial charge is 0.455 e. The fourth-order valence-corrected chi connectivity index (χ4v) is 6.55. The Balaban J connectivity index is 1.49. The lowest BCUT2D eigenvalue weighted by Crippen LogP contribution is -2.25. The minimum atomic E-state index is -3.72. The number of sulfonamides is 1. The molecular formula is C34H26FN5O4S. The van der Waals surface area contributed by atoms with Crippen molar-refractivity contribution in [2.75, 3.05) is 24.7 Å². The highest BCUT2D eigenvalue weighted by Gasteiger charge is 2.28. The molecule has 1 aliphatic rings. The second-order valence-electron chi connectivity index (χ2n) is 11.0. The Morgan fingerprint density at radius 2 is 1.87 bits per heavy atom. The predicted octanol–water partition coefficient (Wildman–Crippen LogP) is 6.11. The predicted molar refractivity (Wildman–Crippen MR) is 171 cm³/mol. The molecule has 1 aliphatic heterocycles. The van der Waals surface area contributed by atoms with Gasteiger partial charge in [-0.2, -0.15) is 5.26 Å². The Kier molecular flexibility index (Phi) is 6.49. The summed E-state index contributed by atoms with van der Waals surface area (Å²) < 4.78 is 48.9. The monoisotopic (exact) mass is 619 g/mol. The molecule has 0 fully saturated rings. The second kappa shape index (κ2) is 10.3. The minimum Gasteiger partial charge on any atom is -0.455 e. The van der Waals surface area contributed by atoms with Crippen molar-refractivity contribution in [3.05, 3.63) is 95.3 Å². The van der Waals surface area contributed by atoms with E-state index in [-0.39, 0.29) is 16.9 Å². The van der Waals surface area contributed by atoms with Crippen LogP contribution in [0.4, 0.5) is 10.1 Å². The Morgan fingerprint density at radius 1 is 1.09 bits per heavy atom. The van der Waals surface area contributed by atoms with Crippen LogP contribution in [0.2, 0.25) is 0 Å². The maximum absolute atomic E-state index is 13.7. The van der Waals surface area contributed by atoms with E-state index in [4.69, 9.17) is 9.40 Å². The zero-order chi connectivity index (χ0) is 31.6. The van der Waals surface area contributed by atoms with Gasteiger partial charge in [-0.3, -0.25) is 9.10 Å². The number of halogens is 1. The summed E-state index contributed by atoms with van der Waals surface area (Å²) in [4.78, 5) is 18.3. The second-order valence-corrected chi connectivity index (χ2v) is 13.0. The highest BCUT2D eigenvalue weighted by molar-refractivity contribution is 7.92. The summed E-state index contributed by atoms with van der Waals surface area (Å²) in [6.45, 7) is 0.729. The zero-order valence-electron chi connectivity index (χ0n) is 24.6. The summed E-state index contributed by atoms with van der Waals surface area (Å²) in [5.74, 6) is -0.623. The maximum Gasteiger partial charge on any atom is 0.255 e. The van der Waals surface area contributed by atoms with Gasteiger partial charge in [0.2, 0.25) is 10.0 Å². The van der Waals surface area contributed by atoms with Crippen LogP contribution in [0.3, 0.4) is 0 Å². The van der Waals surface area contributed by atoms with Gasteiger partial charge in [0.15, 0.2) is 0 Å². The van der Waals surface area contributed by atoms with E-state index in [1.54, 1.807) is 18.2 Å². The third kappa shape index (κ3) is 4.53. The molecule has 0 spiro atoms. The van der Waals surface area contributed by atoms with Crippen molar-refractivity contribution in [1.29, 1.82) is 5.26 Å². The molecule has 0 atom stereocenters. The molecule has 0 saturated heterocycles. The van der Waals surface area contributed by atoms with Gasteiger partial charge >= 0.3 is 0 Å². The molecule has 45 heavy (non-hydrogen) atoms. The third-order valence-electron chi connectivity index (χ3n) is 8.37. The molecule has 224 valence electrons. The Morgan fingerprint density at radius 3 is 2.58 bits per heavy atom. The molecule has 1 N–H and O–H groups in total. The molecule has 0 bridgehead atoms. The number of fused-ring (bicyclic) bond motifs is 6. The minimum absolute atomic E-state index is 0.227. The fourth-order valence-electron chi connectivity index (χ4n) is 6.04. The molecule has 9 nitrogen and oxygen atoms in total. The summed E-state index contributed by atoms with van der Waals surface area (Å²) in [6, 6.07) is 22.6. The van der Waals surface area contributed by atoms with Gasteiger partial charge in [-0.1, -0.05) is 12.1 Å². The lowest BCUT2D eigenvalue weighted by atomic mass is 9.98. The molecule has 11 heteroatoms. The van der Waals surface area contributed by atoms with Crippen LogP contribution in [0.25, 0.3) is 55.8 Å². The van der Waals surface area contributed by atoms with Gasteiger partial charge in [0.05, 0.1) is 46.2 Å². The Bertz CT molecular complexity index is 2350. The number of rotatable bonds is 5. The highest BCUT2D eigenvalue weighted by atomic mass is 32.2. The quantitative estimate of drug-likeness (QED) is 0.249.